The summed E-state index contributed by atoms with van der Waals surface area (Å²) in [6, 6.07) is 3.72. The zero-order valence-corrected chi connectivity index (χ0v) is 17.5. The maximum atomic E-state index is 11.6. The van der Waals surface area contributed by atoms with Crippen LogP contribution in [0.5, 0.6) is 11.5 Å². The molecule has 1 fully saturated rings. The second-order valence-corrected chi connectivity index (χ2v) is 8.95. The Kier molecular flexibility index (Phi) is 5.64. The van der Waals surface area contributed by atoms with E-state index in [1.165, 1.54) is 4.31 Å². The maximum absolute atomic E-state index is 11.6. The van der Waals surface area contributed by atoms with Crippen LogP contribution in [0.4, 0.5) is 5.69 Å². The Morgan fingerprint density at radius 1 is 1.25 bits per heavy atom. The first-order chi connectivity index (χ1) is 13.2. The molecule has 1 aliphatic heterocycles. The number of aromatic nitrogens is 2. The van der Waals surface area contributed by atoms with Gasteiger partial charge in [0.05, 0.1) is 31.6 Å². The Labute approximate surface area is 165 Å². The van der Waals surface area contributed by atoms with Crippen molar-refractivity contribution >= 4 is 26.8 Å². The Morgan fingerprint density at radius 2 is 1.89 bits per heavy atom. The summed E-state index contributed by atoms with van der Waals surface area (Å²) in [7, 11) is -0.468. The topological polar surface area (TPSA) is 111 Å². The molecule has 0 saturated carbocycles. The first-order valence-corrected chi connectivity index (χ1v) is 10.6. The van der Waals surface area contributed by atoms with E-state index < -0.39 is 10.2 Å². The van der Waals surface area contributed by atoms with E-state index in [9.17, 15) is 8.42 Å². The number of hydrogen-bond donors (Lipinski definition) is 1. The Balaban J connectivity index is 1.77. The molecule has 28 heavy (non-hydrogen) atoms. The summed E-state index contributed by atoms with van der Waals surface area (Å²) in [6.07, 6.45) is 2.48. The number of anilines is 1. The monoisotopic (exact) mass is 409 g/mol. The third-order valence-corrected chi connectivity index (χ3v) is 6.45. The van der Waals surface area contributed by atoms with Crippen LogP contribution in [-0.2, 0) is 10.2 Å². The van der Waals surface area contributed by atoms with Crippen molar-refractivity contribution in [2.24, 2.45) is 10.6 Å². The van der Waals surface area contributed by atoms with Gasteiger partial charge in [0.1, 0.15) is 0 Å². The summed E-state index contributed by atoms with van der Waals surface area (Å²) in [5.74, 6) is 1.25. The lowest BCUT2D eigenvalue weighted by atomic mass is 9.78. The molecule has 0 aliphatic carbocycles. The average molecular weight is 410 g/mol. The van der Waals surface area contributed by atoms with Crippen molar-refractivity contribution in [3.63, 3.8) is 0 Å². The number of ether oxygens (including phenoxy) is 2. The van der Waals surface area contributed by atoms with Gasteiger partial charge in [0.15, 0.2) is 11.5 Å². The summed E-state index contributed by atoms with van der Waals surface area (Å²) in [5.41, 5.74) is 1.71. The van der Waals surface area contributed by atoms with Crippen LogP contribution in [0.1, 0.15) is 20.3 Å². The molecule has 154 valence electrons. The summed E-state index contributed by atoms with van der Waals surface area (Å²) < 4.78 is 35.2. The molecule has 0 bridgehead atoms. The first kappa shape index (κ1) is 20.6. The molecule has 2 heterocycles. The Hall–Kier alpha value is -2.17. The van der Waals surface area contributed by atoms with Gasteiger partial charge >= 0.3 is 0 Å². The molecular weight excluding hydrogens is 382 g/mol. The molecule has 0 amide bonds. The van der Waals surface area contributed by atoms with Gasteiger partial charge in [0.25, 0.3) is 10.2 Å². The van der Waals surface area contributed by atoms with Crippen molar-refractivity contribution in [1.29, 1.82) is 0 Å². The zero-order chi connectivity index (χ0) is 20.5. The van der Waals surface area contributed by atoms with Crippen molar-refractivity contribution in [1.82, 2.24) is 14.5 Å². The number of fused-ring (bicyclic) bond motifs is 1. The summed E-state index contributed by atoms with van der Waals surface area (Å²) >= 11 is 0. The molecule has 9 nitrogen and oxygen atoms in total. The summed E-state index contributed by atoms with van der Waals surface area (Å²) in [4.78, 5) is 2.22. The highest BCUT2D eigenvalue weighted by Gasteiger charge is 2.40. The predicted molar refractivity (Wildman–Crippen MR) is 108 cm³/mol. The van der Waals surface area contributed by atoms with Gasteiger partial charge in [0.2, 0.25) is 0 Å². The van der Waals surface area contributed by atoms with Crippen LogP contribution in [0.15, 0.2) is 18.3 Å². The SMILES string of the molecule is CCN(CCC1(C)CN(c2cnnc3cc(OC)c(OC)cc23)C1)S(N)(=O)=O. The van der Waals surface area contributed by atoms with Gasteiger partial charge in [0, 0.05) is 43.0 Å². The number of benzene rings is 1. The second kappa shape index (κ2) is 7.69. The fourth-order valence-corrected chi connectivity index (χ4v) is 4.39. The summed E-state index contributed by atoms with van der Waals surface area (Å²) in [5, 5.41) is 14.5. The molecule has 1 saturated heterocycles. The Morgan fingerprint density at radius 3 is 2.46 bits per heavy atom. The Bertz CT molecular complexity index is 960. The van der Waals surface area contributed by atoms with Crippen LogP contribution in [-0.4, -0.2) is 63.3 Å². The highest BCUT2D eigenvalue weighted by atomic mass is 32.2. The van der Waals surface area contributed by atoms with Crippen molar-refractivity contribution in [2.45, 2.75) is 20.3 Å². The predicted octanol–water partition coefficient (Wildman–Crippen LogP) is 1.39. The third-order valence-electron chi connectivity index (χ3n) is 5.29. The lowest BCUT2D eigenvalue weighted by molar-refractivity contribution is 0.205. The molecule has 0 spiro atoms. The number of nitrogens with two attached hydrogens (primary N) is 1. The van der Waals surface area contributed by atoms with Crippen LogP contribution >= 0.6 is 0 Å². The largest absolute Gasteiger partial charge is 0.493 e. The quantitative estimate of drug-likeness (QED) is 0.701. The molecule has 0 atom stereocenters. The van der Waals surface area contributed by atoms with Crippen LogP contribution < -0.4 is 19.5 Å². The van der Waals surface area contributed by atoms with Gasteiger partial charge in [-0.2, -0.15) is 22.9 Å². The molecule has 2 aromatic rings. The number of nitrogens with zero attached hydrogens (tertiary/aromatic N) is 4. The minimum absolute atomic E-state index is 0.00423. The van der Waals surface area contributed by atoms with Crippen molar-refractivity contribution < 1.29 is 17.9 Å². The van der Waals surface area contributed by atoms with E-state index in [0.29, 0.717) is 24.6 Å². The number of methoxy groups -OCH3 is 2. The standard InChI is InChI=1S/C18H27N5O4S/c1-5-23(28(19,24)25)7-6-18(2)11-22(12-18)15-10-20-21-14-9-17(27-4)16(26-3)8-13(14)15/h8-10H,5-7,11-12H2,1-4H3,(H2,19,24,25). The number of hydrogen-bond acceptors (Lipinski definition) is 7. The highest BCUT2D eigenvalue weighted by Crippen LogP contribution is 2.41. The summed E-state index contributed by atoms with van der Waals surface area (Å²) in [6.45, 7) is 6.32. The van der Waals surface area contributed by atoms with E-state index in [0.717, 1.165) is 36.1 Å². The normalized spacial score (nSPS) is 16.3. The van der Waals surface area contributed by atoms with Crippen LogP contribution in [0.2, 0.25) is 0 Å². The third kappa shape index (κ3) is 3.98. The molecule has 1 aliphatic rings. The van der Waals surface area contributed by atoms with Crippen LogP contribution in [0.25, 0.3) is 10.9 Å². The molecule has 10 heteroatoms. The molecule has 1 aromatic heterocycles. The van der Waals surface area contributed by atoms with Gasteiger partial charge in [-0.25, -0.2) is 5.14 Å². The van der Waals surface area contributed by atoms with E-state index in [4.69, 9.17) is 14.6 Å². The van der Waals surface area contributed by atoms with Crippen molar-refractivity contribution in [3.05, 3.63) is 18.3 Å². The van der Waals surface area contributed by atoms with Crippen molar-refractivity contribution in [2.75, 3.05) is 45.3 Å². The van der Waals surface area contributed by atoms with E-state index in [1.54, 1.807) is 27.3 Å². The van der Waals surface area contributed by atoms with Gasteiger partial charge in [-0.05, 0) is 12.5 Å². The van der Waals surface area contributed by atoms with Gasteiger partial charge in [-0.1, -0.05) is 13.8 Å². The van der Waals surface area contributed by atoms with E-state index in [2.05, 4.69) is 22.0 Å². The fourth-order valence-electron chi connectivity index (χ4n) is 3.69. The van der Waals surface area contributed by atoms with E-state index in [1.807, 2.05) is 12.1 Å². The molecule has 0 radical (unpaired) electrons. The zero-order valence-electron chi connectivity index (χ0n) is 16.7. The first-order valence-electron chi connectivity index (χ1n) is 9.11. The highest BCUT2D eigenvalue weighted by molar-refractivity contribution is 7.86. The van der Waals surface area contributed by atoms with Crippen molar-refractivity contribution in [3.8, 4) is 11.5 Å². The molecule has 1 aromatic carbocycles. The second-order valence-electron chi connectivity index (χ2n) is 7.41. The lowest BCUT2D eigenvalue weighted by Gasteiger charge is -2.50. The number of rotatable bonds is 8. The minimum Gasteiger partial charge on any atom is -0.493 e. The lowest BCUT2D eigenvalue weighted by Crippen LogP contribution is -2.56. The van der Waals surface area contributed by atoms with Crippen LogP contribution in [0.3, 0.4) is 0 Å². The van der Waals surface area contributed by atoms with Crippen LogP contribution in [0, 0.1) is 5.41 Å². The van der Waals surface area contributed by atoms with Gasteiger partial charge < -0.3 is 14.4 Å². The molecular formula is C18H27N5O4S. The van der Waals surface area contributed by atoms with E-state index in [-0.39, 0.29) is 5.41 Å². The smallest absolute Gasteiger partial charge is 0.276 e. The molecule has 2 N–H and O–H groups in total. The van der Waals surface area contributed by atoms with Gasteiger partial charge in [-0.3, -0.25) is 0 Å². The minimum atomic E-state index is -3.65. The maximum Gasteiger partial charge on any atom is 0.276 e. The van der Waals surface area contributed by atoms with E-state index >= 15 is 0 Å². The molecule has 0 unspecified atom stereocenters. The van der Waals surface area contributed by atoms with Gasteiger partial charge in [-0.15, -0.1) is 0 Å². The molecule has 3 rings (SSSR count). The average Bonchev–Trinajstić information content (AvgIpc) is 2.63. The fraction of sp³-hybridized carbons (Fsp3) is 0.556.